The number of rotatable bonds is 9. The van der Waals surface area contributed by atoms with Crippen molar-refractivity contribution in [1.29, 1.82) is 0 Å². The minimum absolute atomic E-state index is 0. The first-order valence-corrected chi connectivity index (χ1v) is 30.5. The van der Waals surface area contributed by atoms with Crippen molar-refractivity contribution >= 4 is 71.1 Å². The zero-order valence-electron chi connectivity index (χ0n) is 39.9. The van der Waals surface area contributed by atoms with Crippen LogP contribution in [-0.4, -0.2) is 25.7 Å². The van der Waals surface area contributed by atoms with E-state index in [9.17, 15) is 0 Å². The summed E-state index contributed by atoms with van der Waals surface area (Å²) in [5.74, 6) is 2.19. The molecule has 10 rings (SSSR count). The Morgan fingerprint density at radius 1 is 0.621 bits per heavy atom. The first-order chi connectivity index (χ1) is 31.1. The van der Waals surface area contributed by atoms with Crippen LogP contribution in [0.5, 0.6) is 11.5 Å². The van der Waals surface area contributed by atoms with Crippen molar-refractivity contribution in [2.75, 3.05) is 9.80 Å². The molecule has 1 aliphatic heterocycles. The number of nitrogens with zero attached hydrogens (tertiary/aromatic N) is 4. The van der Waals surface area contributed by atoms with Gasteiger partial charge >= 0.3 is 0 Å². The number of pyridine rings is 1. The van der Waals surface area contributed by atoms with E-state index in [2.05, 4.69) is 227 Å². The summed E-state index contributed by atoms with van der Waals surface area (Å²) in [7, 11) is -3.49. The Kier molecular flexibility index (Phi) is 12.2. The van der Waals surface area contributed by atoms with Crippen molar-refractivity contribution in [1.82, 2.24) is 9.55 Å². The first-order valence-electron chi connectivity index (χ1n) is 23.5. The SMILES string of the molecule is CC(C)(C)c1cc(Oc2[c-]c3c(cc2)c2ccccc2n3-c2cc(C3(c4ccccc4)CCCCC3)ccn2)[c-]c(N2[CH-]N(c3c([Si](C)(C)C)cccc3[Si](C)(C)C)c3ccccc32)c1.[Pt]. The van der Waals surface area contributed by atoms with E-state index in [4.69, 9.17) is 9.72 Å². The fraction of sp³-hybridized carbons (Fsp3) is 0.276. The third-order valence-electron chi connectivity index (χ3n) is 13.8. The van der Waals surface area contributed by atoms with Crippen LogP contribution in [0.25, 0.3) is 27.6 Å². The van der Waals surface area contributed by atoms with Crippen LogP contribution >= 0.6 is 0 Å². The maximum atomic E-state index is 6.94. The fourth-order valence-corrected chi connectivity index (χ4v) is 13.7. The molecule has 0 N–H and O–H groups in total. The summed E-state index contributed by atoms with van der Waals surface area (Å²) in [6.07, 6.45) is 7.99. The van der Waals surface area contributed by atoms with Crippen molar-refractivity contribution in [2.45, 2.75) is 103 Å². The summed E-state index contributed by atoms with van der Waals surface area (Å²) in [5.41, 5.74) is 10.3. The molecular formula is C58H61N4OPtSi2-3. The van der Waals surface area contributed by atoms with Gasteiger partial charge in [-0.1, -0.05) is 164 Å². The molecule has 0 atom stereocenters. The molecule has 0 spiro atoms. The maximum Gasteiger partial charge on any atom is 0.135 e. The molecule has 1 fully saturated rings. The van der Waals surface area contributed by atoms with Gasteiger partial charge in [-0.05, 0) is 75.5 Å². The predicted octanol–water partition coefficient (Wildman–Crippen LogP) is 14.6. The number of hydrogen-bond acceptors (Lipinski definition) is 4. The predicted molar refractivity (Wildman–Crippen MR) is 279 cm³/mol. The average Bonchev–Trinajstić information content (AvgIpc) is 3.84. The Bertz CT molecular complexity index is 3030. The normalized spacial score (nSPS) is 15.2. The summed E-state index contributed by atoms with van der Waals surface area (Å²) < 4.78 is 9.22. The Morgan fingerprint density at radius 2 is 1.27 bits per heavy atom. The zero-order chi connectivity index (χ0) is 45.3. The molecule has 66 heavy (non-hydrogen) atoms. The van der Waals surface area contributed by atoms with Crippen molar-refractivity contribution in [2.24, 2.45) is 0 Å². The minimum Gasteiger partial charge on any atom is -0.509 e. The van der Waals surface area contributed by atoms with E-state index in [0.717, 1.165) is 51.8 Å². The standard InChI is InChI=1S/C58H61N4OSi2.Pt/c1-57(2,3)43-35-44(60-40-61(51-26-17-16-25-50(51)60)56-53(64(4,5)6)27-20-28-54(56)65(7,8)9)38-46(36-43)63-45-29-30-48-47-23-14-15-24-49(47)62(52(48)39-45)55-37-42(31-34-59-55)58(32-18-11-19-33-58)41-21-12-10-13-22-41;/h10,12-17,20-31,34-37,40H,11,18-19,32-33H2,1-9H3;/q-3;. The largest absolute Gasteiger partial charge is 0.509 e. The van der Waals surface area contributed by atoms with E-state index in [1.807, 2.05) is 6.20 Å². The topological polar surface area (TPSA) is 33.5 Å². The summed E-state index contributed by atoms with van der Waals surface area (Å²) in [6, 6.07) is 56.3. The number of para-hydroxylation sites is 4. The molecule has 0 radical (unpaired) electrons. The van der Waals surface area contributed by atoms with E-state index in [1.165, 1.54) is 57.7 Å². The van der Waals surface area contributed by atoms with Crippen LogP contribution in [0, 0.1) is 18.8 Å². The molecule has 1 aliphatic carbocycles. The molecule has 6 aromatic carbocycles. The Hall–Kier alpha value is -5.21. The molecule has 2 aliphatic rings. The van der Waals surface area contributed by atoms with Crippen LogP contribution in [0.15, 0.2) is 140 Å². The number of benzene rings is 6. The Morgan fingerprint density at radius 3 is 1.95 bits per heavy atom. The first kappa shape index (κ1) is 45.9. The number of hydrogen-bond donors (Lipinski definition) is 0. The summed E-state index contributed by atoms with van der Waals surface area (Å²) in [4.78, 5) is 9.86. The van der Waals surface area contributed by atoms with Gasteiger partial charge in [-0.2, -0.15) is 6.07 Å². The molecular weight excluding hydrogens is 1020 g/mol. The number of anilines is 4. The summed E-state index contributed by atoms with van der Waals surface area (Å²) in [6.45, 7) is 23.9. The molecule has 0 saturated heterocycles. The van der Waals surface area contributed by atoms with Gasteiger partial charge in [-0.3, -0.25) is 0 Å². The minimum atomic E-state index is -1.74. The van der Waals surface area contributed by atoms with Crippen molar-refractivity contribution in [3.63, 3.8) is 0 Å². The van der Waals surface area contributed by atoms with Crippen molar-refractivity contribution in [3.05, 3.63) is 175 Å². The maximum absolute atomic E-state index is 6.94. The third-order valence-corrected chi connectivity index (χ3v) is 17.9. The second-order valence-electron chi connectivity index (χ2n) is 21.4. The molecule has 5 nitrogen and oxygen atoms in total. The van der Waals surface area contributed by atoms with Gasteiger partial charge in [0.15, 0.2) is 0 Å². The van der Waals surface area contributed by atoms with E-state index >= 15 is 0 Å². The smallest absolute Gasteiger partial charge is 0.135 e. The fourth-order valence-electron chi connectivity index (χ4n) is 10.4. The van der Waals surface area contributed by atoms with Crippen LogP contribution in [0.1, 0.15) is 69.6 Å². The van der Waals surface area contributed by atoms with Gasteiger partial charge in [0, 0.05) is 66.8 Å². The van der Waals surface area contributed by atoms with Crippen molar-refractivity contribution in [3.8, 4) is 17.3 Å². The van der Waals surface area contributed by atoms with E-state index in [1.54, 1.807) is 0 Å². The Labute approximate surface area is 409 Å². The molecule has 1 saturated carbocycles. The molecule has 0 unspecified atom stereocenters. The van der Waals surface area contributed by atoms with Crippen LogP contribution < -0.4 is 24.9 Å². The number of fused-ring (bicyclic) bond motifs is 4. The van der Waals surface area contributed by atoms with Crippen LogP contribution in [0.4, 0.5) is 22.7 Å². The quantitative estimate of drug-likeness (QED) is 0.107. The van der Waals surface area contributed by atoms with E-state index in [-0.39, 0.29) is 31.9 Å². The van der Waals surface area contributed by atoms with E-state index in [0.29, 0.717) is 11.5 Å². The molecule has 0 amide bonds. The Balaban J connectivity index is 0.00000548. The molecule has 0 bridgehead atoms. The molecule has 3 heterocycles. The average molecular weight is 1080 g/mol. The third kappa shape index (κ3) is 8.30. The monoisotopic (exact) mass is 1080 g/mol. The summed E-state index contributed by atoms with van der Waals surface area (Å²) >= 11 is 0. The molecule has 8 heteroatoms. The summed E-state index contributed by atoms with van der Waals surface area (Å²) in [5, 5.41) is 5.24. The van der Waals surface area contributed by atoms with Crippen LogP contribution in [0.3, 0.4) is 0 Å². The second-order valence-corrected chi connectivity index (χ2v) is 31.4. The van der Waals surface area contributed by atoms with Gasteiger partial charge in [0.2, 0.25) is 0 Å². The second kappa shape index (κ2) is 17.5. The number of ether oxygens (including phenoxy) is 1. The van der Waals surface area contributed by atoms with Gasteiger partial charge in [-0.25, -0.2) is 4.98 Å². The van der Waals surface area contributed by atoms with Gasteiger partial charge in [0.25, 0.3) is 0 Å². The van der Waals surface area contributed by atoms with Gasteiger partial charge in [0.1, 0.15) is 5.82 Å². The molecule has 340 valence electrons. The van der Waals surface area contributed by atoms with Gasteiger partial charge < -0.3 is 19.1 Å². The van der Waals surface area contributed by atoms with Crippen LogP contribution in [-0.2, 0) is 31.9 Å². The van der Waals surface area contributed by atoms with Crippen LogP contribution in [0.2, 0.25) is 39.3 Å². The van der Waals surface area contributed by atoms with Gasteiger partial charge in [0.05, 0.1) is 16.1 Å². The molecule has 2 aromatic heterocycles. The zero-order valence-corrected chi connectivity index (χ0v) is 44.2. The van der Waals surface area contributed by atoms with E-state index < -0.39 is 16.1 Å². The number of aromatic nitrogens is 2. The van der Waals surface area contributed by atoms with Crippen molar-refractivity contribution < 1.29 is 25.8 Å². The van der Waals surface area contributed by atoms with Gasteiger partial charge in [-0.15, -0.1) is 53.6 Å². The molecule has 8 aromatic rings.